The lowest BCUT2D eigenvalue weighted by molar-refractivity contribution is -0.120. The van der Waals surface area contributed by atoms with E-state index < -0.39 is 0 Å². The molecule has 0 radical (unpaired) electrons. The van der Waals surface area contributed by atoms with Crippen molar-refractivity contribution < 1.29 is 4.79 Å². The average Bonchev–Trinajstić information content (AvgIpc) is 2.40. The molecule has 0 spiro atoms. The minimum atomic E-state index is -0.244. The second-order valence-corrected chi connectivity index (χ2v) is 5.58. The molecule has 0 saturated carbocycles. The largest absolute Gasteiger partial charge is 0.368 e. The molecule has 1 aliphatic heterocycles. The first kappa shape index (κ1) is 15.4. The van der Waals surface area contributed by atoms with Crippen molar-refractivity contribution in [2.75, 3.05) is 26.7 Å². The summed E-state index contributed by atoms with van der Waals surface area (Å²) in [6.45, 7) is 7.91. The Bertz CT molecular complexity index is 254. The number of amides is 1. The lowest BCUT2D eigenvalue weighted by Gasteiger charge is -2.41. The lowest BCUT2D eigenvalue weighted by Crippen LogP contribution is -2.44. The fraction of sp³-hybridized carbons (Fsp3) is 0.929. The van der Waals surface area contributed by atoms with Crippen LogP contribution in [-0.2, 0) is 4.79 Å². The number of likely N-dealkylation sites (tertiary alicyclic amines) is 1. The molecule has 0 aromatic heterocycles. The van der Waals surface area contributed by atoms with Gasteiger partial charge in [-0.1, -0.05) is 26.7 Å². The van der Waals surface area contributed by atoms with Crippen LogP contribution in [0.15, 0.2) is 0 Å². The van der Waals surface area contributed by atoms with Crippen molar-refractivity contribution in [3.8, 4) is 0 Å². The van der Waals surface area contributed by atoms with E-state index in [1.54, 1.807) is 7.05 Å². The van der Waals surface area contributed by atoms with Crippen LogP contribution >= 0.6 is 0 Å². The van der Waals surface area contributed by atoms with Crippen molar-refractivity contribution in [3.63, 3.8) is 0 Å². The lowest BCUT2D eigenvalue weighted by atomic mass is 9.74. The molecule has 1 aliphatic rings. The minimum Gasteiger partial charge on any atom is -0.368 e. The Morgan fingerprint density at radius 1 is 1.33 bits per heavy atom. The Labute approximate surface area is 111 Å². The van der Waals surface area contributed by atoms with E-state index in [9.17, 15) is 4.79 Å². The SMILES string of the molecule is CCC1(CC)CCN(CCC(NC)C(N)=O)CC1. The molecule has 1 unspecified atom stereocenters. The summed E-state index contributed by atoms with van der Waals surface area (Å²) in [5.41, 5.74) is 5.90. The van der Waals surface area contributed by atoms with Crippen LogP contribution in [0.4, 0.5) is 0 Å². The quantitative estimate of drug-likeness (QED) is 0.722. The molecule has 0 aromatic rings. The number of piperidine rings is 1. The summed E-state index contributed by atoms with van der Waals surface area (Å²) >= 11 is 0. The van der Waals surface area contributed by atoms with Crippen LogP contribution in [0.1, 0.15) is 46.0 Å². The molecule has 0 bridgehead atoms. The minimum absolute atomic E-state index is 0.186. The molecule has 18 heavy (non-hydrogen) atoms. The molecule has 0 aliphatic carbocycles. The fourth-order valence-electron chi connectivity index (χ4n) is 2.95. The molecular formula is C14H29N3O. The molecule has 1 heterocycles. The normalized spacial score (nSPS) is 21.7. The second kappa shape index (κ2) is 7.10. The number of likely N-dealkylation sites (N-methyl/N-ethyl adjacent to an activating group) is 1. The van der Waals surface area contributed by atoms with E-state index in [2.05, 4.69) is 24.1 Å². The van der Waals surface area contributed by atoms with E-state index >= 15 is 0 Å². The first-order valence-electron chi connectivity index (χ1n) is 7.26. The second-order valence-electron chi connectivity index (χ2n) is 5.58. The average molecular weight is 255 g/mol. The Hall–Kier alpha value is -0.610. The van der Waals surface area contributed by atoms with Crippen molar-refractivity contribution in [1.82, 2.24) is 10.2 Å². The highest BCUT2D eigenvalue weighted by Gasteiger charge is 2.31. The molecule has 106 valence electrons. The van der Waals surface area contributed by atoms with Crippen LogP contribution in [0.5, 0.6) is 0 Å². The standard InChI is InChI=1S/C14H29N3O/c1-4-14(5-2)7-10-17(11-8-14)9-6-12(16-3)13(15)18/h12,16H,4-11H2,1-3H3,(H2,15,18). The van der Waals surface area contributed by atoms with Crippen molar-refractivity contribution in [3.05, 3.63) is 0 Å². The van der Waals surface area contributed by atoms with Gasteiger partial charge in [-0.15, -0.1) is 0 Å². The number of nitrogens with zero attached hydrogens (tertiary/aromatic N) is 1. The van der Waals surface area contributed by atoms with Gasteiger partial charge in [0, 0.05) is 6.54 Å². The van der Waals surface area contributed by atoms with Gasteiger partial charge in [0.2, 0.25) is 5.91 Å². The monoisotopic (exact) mass is 255 g/mol. The fourth-order valence-corrected chi connectivity index (χ4v) is 2.95. The highest BCUT2D eigenvalue weighted by atomic mass is 16.1. The Morgan fingerprint density at radius 3 is 2.28 bits per heavy atom. The summed E-state index contributed by atoms with van der Waals surface area (Å²) in [5, 5.41) is 2.98. The van der Waals surface area contributed by atoms with Crippen molar-refractivity contribution in [2.45, 2.75) is 52.0 Å². The van der Waals surface area contributed by atoms with Gasteiger partial charge in [-0.25, -0.2) is 0 Å². The van der Waals surface area contributed by atoms with Gasteiger partial charge in [-0.05, 0) is 44.8 Å². The summed E-state index contributed by atoms with van der Waals surface area (Å²) < 4.78 is 0. The van der Waals surface area contributed by atoms with Crippen LogP contribution in [0, 0.1) is 5.41 Å². The molecule has 1 atom stereocenters. The van der Waals surface area contributed by atoms with Gasteiger partial charge in [0.25, 0.3) is 0 Å². The van der Waals surface area contributed by atoms with E-state index in [0.717, 1.165) is 26.1 Å². The zero-order valence-electron chi connectivity index (χ0n) is 12.2. The Kier molecular flexibility index (Phi) is 6.09. The molecule has 1 rings (SSSR count). The highest BCUT2D eigenvalue weighted by Crippen LogP contribution is 2.37. The summed E-state index contributed by atoms with van der Waals surface area (Å²) in [4.78, 5) is 13.6. The smallest absolute Gasteiger partial charge is 0.234 e. The number of primary amides is 1. The van der Waals surface area contributed by atoms with Gasteiger partial charge in [0.15, 0.2) is 0 Å². The number of carbonyl (C=O) groups is 1. The maximum atomic E-state index is 11.1. The highest BCUT2D eigenvalue weighted by molar-refractivity contribution is 5.79. The van der Waals surface area contributed by atoms with Gasteiger partial charge < -0.3 is 16.0 Å². The predicted molar refractivity (Wildman–Crippen MR) is 75.3 cm³/mol. The van der Waals surface area contributed by atoms with Gasteiger partial charge in [-0.3, -0.25) is 4.79 Å². The van der Waals surface area contributed by atoms with Crippen molar-refractivity contribution in [2.24, 2.45) is 11.1 Å². The van der Waals surface area contributed by atoms with E-state index in [-0.39, 0.29) is 11.9 Å². The zero-order valence-corrected chi connectivity index (χ0v) is 12.2. The van der Waals surface area contributed by atoms with Gasteiger partial charge >= 0.3 is 0 Å². The van der Waals surface area contributed by atoms with Crippen LogP contribution in [0.2, 0.25) is 0 Å². The third-order valence-corrected chi connectivity index (χ3v) is 4.84. The predicted octanol–water partition coefficient (Wildman–Crippen LogP) is 1.35. The molecule has 0 aromatic carbocycles. The zero-order chi connectivity index (χ0) is 13.6. The Morgan fingerprint density at radius 2 is 1.89 bits per heavy atom. The summed E-state index contributed by atoms with van der Waals surface area (Å²) in [6, 6.07) is -0.186. The number of hydrogen-bond donors (Lipinski definition) is 2. The van der Waals surface area contributed by atoms with Crippen LogP contribution in [0.3, 0.4) is 0 Å². The molecule has 1 saturated heterocycles. The van der Waals surface area contributed by atoms with Crippen molar-refractivity contribution in [1.29, 1.82) is 0 Å². The van der Waals surface area contributed by atoms with Crippen molar-refractivity contribution >= 4 is 5.91 Å². The molecule has 1 amide bonds. The van der Waals surface area contributed by atoms with E-state index in [1.165, 1.54) is 25.7 Å². The molecule has 1 fully saturated rings. The van der Waals surface area contributed by atoms with Gasteiger partial charge in [0.05, 0.1) is 6.04 Å². The van der Waals surface area contributed by atoms with Crippen LogP contribution < -0.4 is 11.1 Å². The van der Waals surface area contributed by atoms with Gasteiger partial charge in [0.1, 0.15) is 0 Å². The first-order valence-corrected chi connectivity index (χ1v) is 7.26. The molecular weight excluding hydrogens is 226 g/mol. The summed E-state index contributed by atoms with van der Waals surface area (Å²) in [5.74, 6) is -0.244. The number of nitrogens with two attached hydrogens (primary N) is 1. The van der Waals surface area contributed by atoms with Crippen LogP contribution in [0.25, 0.3) is 0 Å². The maximum absolute atomic E-state index is 11.1. The van der Waals surface area contributed by atoms with E-state index in [1.807, 2.05) is 0 Å². The molecule has 4 nitrogen and oxygen atoms in total. The summed E-state index contributed by atoms with van der Waals surface area (Å²) in [6.07, 6.45) is 5.98. The van der Waals surface area contributed by atoms with E-state index in [0.29, 0.717) is 5.41 Å². The number of nitrogens with one attached hydrogen (secondary N) is 1. The van der Waals surface area contributed by atoms with Gasteiger partial charge in [-0.2, -0.15) is 0 Å². The topological polar surface area (TPSA) is 58.4 Å². The third kappa shape index (κ3) is 3.95. The third-order valence-electron chi connectivity index (χ3n) is 4.84. The maximum Gasteiger partial charge on any atom is 0.234 e. The number of rotatable bonds is 7. The molecule has 3 N–H and O–H groups in total. The summed E-state index contributed by atoms with van der Waals surface area (Å²) in [7, 11) is 1.80. The van der Waals surface area contributed by atoms with E-state index in [4.69, 9.17) is 5.73 Å². The van der Waals surface area contributed by atoms with Crippen LogP contribution in [-0.4, -0.2) is 43.5 Å². The Balaban J connectivity index is 2.33. The number of carbonyl (C=O) groups excluding carboxylic acids is 1. The number of hydrogen-bond acceptors (Lipinski definition) is 3. The molecule has 4 heteroatoms. The first-order chi connectivity index (χ1) is 8.56.